The van der Waals surface area contributed by atoms with Crippen LogP contribution in [0.25, 0.3) is 0 Å². The first kappa shape index (κ1) is 21.7. The highest BCUT2D eigenvalue weighted by Gasteiger charge is 2.44. The van der Waals surface area contributed by atoms with Gasteiger partial charge >= 0.3 is 6.03 Å². The zero-order valence-corrected chi connectivity index (χ0v) is 18.9. The third-order valence-corrected chi connectivity index (χ3v) is 7.56. The number of amides is 3. The van der Waals surface area contributed by atoms with Crippen molar-refractivity contribution in [1.29, 1.82) is 0 Å². The van der Waals surface area contributed by atoms with Crippen LogP contribution in [0.15, 0.2) is 18.2 Å². The van der Waals surface area contributed by atoms with E-state index in [1.165, 1.54) is 38.8 Å². The van der Waals surface area contributed by atoms with Gasteiger partial charge in [-0.25, -0.2) is 4.79 Å². The Morgan fingerprint density at radius 3 is 2.43 bits per heavy atom. The Morgan fingerprint density at radius 1 is 0.967 bits per heavy atom. The second kappa shape index (κ2) is 9.33. The number of carbonyl (C=O) groups excluding carboxylic acids is 2. The Labute approximate surface area is 188 Å². The van der Waals surface area contributed by atoms with E-state index in [4.69, 9.17) is 23.2 Å². The minimum absolute atomic E-state index is 0.135. The number of halogens is 2. The molecular formula is C22H30Cl2N4O2. The van der Waals surface area contributed by atoms with Crippen LogP contribution >= 0.6 is 23.2 Å². The van der Waals surface area contributed by atoms with Gasteiger partial charge in [-0.05, 0) is 75.4 Å². The van der Waals surface area contributed by atoms with Gasteiger partial charge in [0.1, 0.15) is 0 Å². The Bertz CT molecular complexity index is 789. The van der Waals surface area contributed by atoms with Gasteiger partial charge in [-0.15, -0.1) is 0 Å². The minimum Gasteiger partial charge on any atom is -0.341 e. The van der Waals surface area contributed by atoms with Crippen molar-refractivity contribution in [2.24, 2.45) is 5.41 Å². The van der Waals surface area contributed by atoms with Gasteiger partial charge in [0.15, 0.2) is 0 Å². The molecule has 3 aliphatic rings. The van der Waals surface area contributed by atoms with E-state index in [0.717, 1.165) is 19.5 Å². The summed E-state index contributed by atoms with van der Waals surface area (Å²) in [6.45, 7) is 5.77. The first-order chi connectivity index (χ1) is 14.4. The molecule has 0 aromatic heterocycles. The molecule has 3 fully saturated rings. The highest BCUT2D eigenvalue weighted by molar-refractivity contribution is 6.42. The fourth-order valence-electron chi connectivity index (χ4n) is 4.50. The van der Waals surface area contributed by atoms with Crippen LogP contribution in [0.2, 0.25) is 10.0 Å². The SMILES string of the molecule is O=C1CCN(C(=O)Nc2ccc(Cl)c(Cl)c2)CCN1CCCN1CCC2(CC1)CC2. The molecule has 30 heavy (non-hydrogen) atoms. The average Bonchev–Trinajstić information content (AvgIpc) is 3.51. The molecule has 2 heterocycles. The number of nitrogens with one attached hydrogen (secondary N) is 1. The van der Waals surface area contributed by atoms with Gasteiger partial charge in [0, 0.05) is 38.3 Å². The summed E-state index contributed by atoms with van der Waals surface area (Å²) in [6.07, 6.45) is 6.91. The molecule has 1 aromatic carbocycles. The van der Waals surface area contributed by atoms with Crippen molar-refractivity contribution >= 4 is 40.8 Å². The Morgan fingerprint density at radius 2 is 1.73 bits per heavy atom. The molecule has 1 aliphatic carbocycles. The third-order valence-electron chi connectivity index (χ3n) is 6.82. The second-order valence-electron chi connectivity index (χ2n) is 8.87. The van der Waals surface area contributed by atoms with Gasteiger partial charge < -0.3 is 20.0 Å². The summed E-state index contributed by atoms with van der Waals surface area (Å²) in [4.78, 5) is 31.3. The predicted octanol–water partition coefficient (Wildman–Crippen LogP) is 4.33. The maximum absolute atomic E-state index is 12.6. The van der Waals surface area contributed by atoms with E-state index in [-0.39, 0.29) is 11.9 Å². The molecule has 4 rings (SSSR count). The highest BCUT2D eigenvalue weighted by Crippen LogP contribution is 2.53. The number of nitrogens with zero attached hydrogens (tertiary/aromatic N) is 3. The van der Waals surface area contributed by atoms with Gasteiger partial charge in [-0.2, -0.15) is 0 Å². The van der Waals surface area contributed by atoms with E-state index in [1.54, 1.807) is 23.1 Å². The molecule has 1 saturated carbocycles. The number of piperidine rings is 1. The predicted molar refractivity (Wildman–Crippen MR) is 120 cm³/mol. The lowest BCUT2D eigenvalue weighted by Crippen LogP contribution is -2.39. The standard InChI is InChI=1S/C22H30Cl2N4O2/c23-18-3-2-17(16-19(18)24)25-21(30)28-11-4-20(29)27(14-15-28)10-1-9-26-12-7-22(5-6-22)8-13-26/h2-3,16H,1,4-15H2,(H,25,30). The molecule has 1 spiro atoms. The van der Waals surface area contributed by atoms with Crippen LogP contribution in [-0.2, 0) is 4.79 Å². The fraction of sp³-hybridized carbons (Fsp3) is 0.636. The zero-order chi connectivity index (χ0) is 21.1. The lowest BCUT2D eigenvalue weighted by Gasteiger charge is -2.32. The molecule has 0 bridgehead atoms. The van der Waals surface area contributed by atoms with Crippen LogP contribution in [0.1, 0.15) is 38.5 Å². The number of rotatable bonds is 5. The summed E-state index contributed by atoms with van der Waals surface area (Å²) in [5.41, 5.74) is 1.30. The van der Waals surface area contributed by atoms with Crippen molar-refractivity contribution in [3.05, 3.63) is 28.2 Å². The number of benzene rings is 1. The molecule has 1 N–H and O–H groups in total. The van der Waals surface area contributed by atoms with Crippen LogP contribution in [0.3, 0.4) is 0 Å². The molecule has 2 saturated heterocycles. The van der Waals surface area contributed by atoms with Crippen molar-refractivity contribution in [3.8, 4) is 0 Å². The monoisotopic (exact) mass is 452 g/mol. The van der Waals surface area contributed by atoms with Crippen molar-refractivity contribution in [2.75, 3.05) is 51.1 Å². The molecule has 0 unspecified atom stereocenters. The summed E-state index contributed by atoms with van der Waals surface area (Å²) in [5, 5.41) is 3.68. The molecule has 6 nitrogen and oxygen atoms in total. The maximum Gasteiger partial charge on any atom is 0.321 e. The van der Waals surface area contributed by atoms with Crippen LogP contribution in [0, 0.1) is 5.41 Å². The Kier molecular flexibility index (Phi) is 6.75. The lowest BCUT2D eigenvalue weighted by molar-refractivity contribution is -0.130. The number of likely N-dealkylation sites (tertiary alicyclic amines) is 1. The first-order valence-corrected chi connectivity index (χ1v) is 11.7. The summed E-state index contributed by atoms with van der Waals surface area (Å²) in [6, 6.07) is 4.78. The second-order valence-corrected chi connectivity index (χ2v) is 9.69. The van der Waals surface area contributed by atoms with Crippen LogP contribution in [0.5, 0.6) is 0 Å². The Hall–Kier alpha value is -1.50. The number of hydrogen-bond acceptors (Lipinski definition) is 3. The van der Waals surface area contributed by atoms with E-state index in [2.05, 4.69) is 10.2 Å². The molecule has 8 heteroatoms. The zero-order valence-electron chi connectivity index (χ0n) is 17.3. The molecule has 1 aromatic rings. The van der Waals surface area contributed by atoms with Gasteiger partial charge in [-0.1, -0.05) is 23.2 Å². The summed E-state index contributed by atoms with van der Waals surface area (Å²) in [5.74, 6) is 0.135. The largest absolute Gasteiger partial charge is 0.341 e. The van der Waals surface area contributed by atoms with E-state index < -0.39 is 0 Å². The molecule has 164 valence electrons. The summed E-state index contributed by atoms with van der Waals surface area (Å²) < 4.78 is 0. The average molecular weight is 453 g/mol. The lowest BCUT2D eigenvalue weighted by atomic mass is 9.94. The number of hydrogen-bond donors (Lipinski definition) is 1. The van der Waals surface area contributed by atoms with E-state index >= 15 is 0 Å². The van der Waals surface area contributed by atoms with Crippen LogP contribution in [-0.4, -0.2) is 72.5 Å². The topological polar surface area (TPSA) is 55.9 Å². The van der Waals surface area contributed by atoms with Gasteiger partial charge in [0.25, 0.3) is 0 Å². The van der Waals surface area contributed by atoms with Crippen molar-refractivity contribution in [2.45, 2.75) is 38.5 Å². The van der Waals surface area contributed by atoms with Gasteiger partial charge in [0.2, 0.25) is 5.91 Å². The fourth-order valence-corrected chi connectivity index (χ4v) is 4.79. The number of carbonyl (C=O) groups is 2. The molecule has 0 atom stereocenters. The van der Waals surface area contributed by atoms with Gasteiger partial charge in [-0.3, -0.25) is 4.79 Å². The summed E-state index contributed by atoms with van der Waals surface area (Å²) >= 11 is 11.9. The van der Waals surface area contributed by atoms with E-state index in [0.29, 0.717) is 47.2 Å². The Balaban J connectivity index is 1.21. The van der Waals surface area contributed by atoms with Crippen molar-refractivity contribution in [1.82, 2.24) is 14.7 Å². The molecule has 0 radical (unpaired) electrons. The quantitative estimate of drug-likeness (QED) is 0.723. The highest BCUT2D eigenvalue weighted by atomic mass is 35.5. The van der Waals surface area contributed by atoms with E-state index in [1.807, 2.05) is 4.90 Å². The molecular weight excluding hydrogens is 423 g/mol. The van der Waals surface area contributed by atoms with Crippen molar-refractivity contribution in [3.63, 3.8) is 0 Å². The first-order valence-electron chi connectivity index (χ1n) is 11.0. The van der Waals surface area contributed by atoms with E-state index in [9.17, 15) is 9.59 Å². The van der Waals surface area contributed by atoms with Crippen LogP contribution < -0.4 is 5.32 Å². The van der Waals surface area contributed by atoms with Crippen LogP contribution in [0.4, 0.5) is 10.5 Å². The minimum atomic E-state index is -0.217. The normalized spacial score (nSPS) is 21.6. The van der Waals surface area contributed by atoms with Crippen molar-refractivity contribution < 1.29 is 9.59 Å². The smallest absolute Gasteiger partial charge is 0.321 e. The van der Waals surface area contributed by atoms with Gasteiger partial charge in [0.05, 0.1) is 10.0 Å². The molecule has 2 aliphatic heterocycles. The molecule has 3 amide bonds. The maximum atomic E-state index is 12.6. The third kappa shape index (κ3) is 5.40. The number of anilines is 1. The number of urea groups is 1. The summed E-state index contributed by atoms with van der Waals surface area (Å²) in [7, 11) is 0.